The first kappa shape index (κ1) is 23.6. The molecule has 0 bridgehead atoms. The quantitative estimate of drug-likeness (QED) is 0.465. The SMILES string of the molecule is CCCC(C(=O)O)c1ccc(C2(NC(=O)c3cc4c(Cl)c(Cl)c(C)cc4n3C)COC2)cc1. The molecule has 3 aromatic rings. The molecule has 1 aliphatic heterocycles. The number of amides is 1. The van der Waals surface area contributed by atoms with Crippen LogP contribution in [-0.4, -0.2) is 34.8 Å². The molecule has 2 N–H and O–H groups in total. The molecular weight excluding hydrogens is 463 g/mol. The second-order valence-electron chi connectivity index (χ2n) is 8.67. The van der Waals surface area contributed by atoms with Gasteiger partial charge in [-0.1, -0.05) is 60.8 Å². The van der Waals surface area contributed by atoms with Crippen LogP contribution < -0.4 is 5.32 Å². The van der Waals surface area contributed by atoms with Crippen molar-refractivity contribution in [1.29, 1.82) is 0 Å². The Morgan fingerprint density at radius 3 is 2.39 bits per heavy atom. The zero-order valence-electron chi connectivity index (χ0n) is 18.7. The van der Waals surface area contributed by atoms with E-state index in [0.29, 0.717) is 35.4 Å². The van der Waals surface area contributed by atoms with E-state index in [2.05, 4.69) is 5.32 Å². The van der Waals surface area contributed by atoms with E-state index < -0.39 is 17.4 Å². The van der Waals surface area contributed by atoms with Gasteiger partial charge in [-0.2, -0.15) is 0 Å². The highest BCUT2D eigenvalue weighted by Gasteiger charge is 2.42. The minimum atomic E-state index is -0.829. The molecule has 6 nitrogen and oxygen atoms in total. The van der Waals surface area contributed by atoms with E-state index >= 15 is 0 Å². The van der Waals surface area contributed by atoms with Crippen molar-refractivity contribution >= 4 is 46.0 Å². The molecule has 4 rings (SSSR count). The summed E-state index contributed by atoms with van der Waals surface area (Å²) in [4.78, 5) is 24.9. The molecule has 0 radical (unpaired) electrons. The second-order valence-corrected chi connectivity index (χ2v) is 9.43. The van der Waals surface area contributed by atoms with Crippen molar-refractivity contribution in [2.24, 2.45) is 7.05 Å². The Bertz CT molecular complexity index is 1230. The van der Waals surface area contributed by atoms with E-state index in [0.717, 1.165) is 34.0 Å². The van der Waals surface area contributed by atoms with Gasteiger partial charge < -0.3 is 19.7 Å². The van der Waals surface area contributed by atoms with Crippen molar-refractivity contribution < 1.29 is 19.4 Å². The molecule has 1 fully saturated rings. The topological polar surface area (TPSA) is 80.6 Å². The smallest absolute Gasteiger partial charge is 0.310 e. The van der Waals surface area contributed by atoms with E-state index in [9.17, 15) is 14.7 Å². The van der Waals surface area contributed by atoms with Gasteiger partial charge in [0.25, 0.3) is 5.91 Å². The van der Waals surface area contributed by atoms with Crippen molar-refractivity contribution in [2.45, 2.75) is 38.1 Å². The number of ether oxygens (including phenoxy) is 1. The molecule has 174 valence electrons. The Morgan fingerprint density at radius 1 is 1.18 bits per heavy atom. The van der Waals surface area contributed by atoms with Crippen LogP contribution in [0.1, 0.15) is 52.9 Å². The molecule has 2 heterocycles. The number of benzene rings is 2. The molecule has 1 saturated heterocycles. The fraction of sp³-hybridized carbons (Fsp3) is 0.360. The number of aryl methyl sites for hydroxylation is 2. The first-order valence-electron chi connectivity index (χ1n) is 10.9. The van der Waals surface area contributed by atoms with Crippen LogP contribution in [0.15, 0.2) is 36.4 Å². The van der Waals surface area contributed by atoms with Crippen molar-refractivity contribution in [1.82, 2.24) is 9.88 Å². The highest BCUT2D eigenvalue weighted by atomic mass is 35.5. The number of nitrogens with one attached hydrogen (secondary N) is 1. The van der Waals surface area contributed by atoms with Gasteiger partial charge in [0.1, 0.15) is 11.2 Å². The van der Waals surface area contributed by atoms with Crippen LogP contribution in [0.4, 0.5) is 0 Å². The Morgan fingerprint density at radius 2 is 1.85 bits per heavy atom. The number of rotatable bonds is 7. The third-order valence-electron chi connectivity index (χ3n) is 6.43. The van der Waals surface area contributed by atoms with Crippen LogP contribution >= 0.6 is 23.2 Å². The maximum atomic E-state index is 13.3. The van der Waals surface area contributed by atoms with Gasteiger partial charge in [0.15, 0.2) is 0 Å². The Balaban J connectivity index is 1.63. The van der Waals surface area contributed by atoms with Gasteiger partial charge in [0.2, 0.25) is 0 Å². The van der Waals surface area contributed by atoms with Crippen LogP contribution in [0.5, 0.6) is 0 Å². The summed E-state index contributed by atoms with van der Waals surface area (Å²) in [5.74, 6) is -1.62. The van der Waals surface area contributed by atoms with Gasteiger partial charge in [0, 0.05) is 12.4 Å². The monoisotopic (exact) mass is 488 g/mol. The summed E-state index contributed by atoms with van der Waals surface area (Å²) in [6, 6.07) is 11.1. The predicted octanol–water partition coefficient (Wildman–Crippen LogP) is 5.42. The number of halogens is 2. The summed E-state index contributed by atoms with van der Waals surface area (Å²) in [6.07, 6.45) is 1.36. The molecule has 0 saturated carbocycles. The lowest BCUT2D eigenvalue weighted by atomic mass is 9.85. The Kier molecular flexibility index (Phi) is 6.45. The molecule has 1 atom stereocenters. The van der Waals surface area contributed by atoms with Crippen LogP contribution in [0.2, 0.25) is 10.0 Å². The first-order chi connectivity index (χ1) is 15.7. The fourth-order valence-electron chi connectivity index (χ4n) is 4.40. The first-order valence-corrected chi connectivity index (χ1v) is 11.6. The Labute approximate surface area is 202 Å². The molecule has 1 unspecified atom stereocenters. The van der Waals surface area contributed by atoms with Crippen molar-refractivity contribution in [3.63, 3.8) is 0 Å². The molecule has 1 aliphatic rings. The number of hydrogen-bond acceptors (Lipinski definition) is 3. The van der Waals surface area contributed by atoms with E-state index in [1.54, 1.807) is 10.6 Å². The lowest BCUT2D eigenvalue weighted by Gasteiger charge is -2.42. The summed E-state index contributed by atoms with van der Waals surface area (Å²) in [7, 11) is 1.82. The number of fused-ring (bicyclic) bond motifs is 1. The second kappa shape index (κ2) is 9.01. The summed E-state index contributed by atoms with van der Waals surface area (Å²) in [5.41, 5.74) is 3.09. The van der Waals surface area contributed by atoms with Crippen LogP contribution in [0.25, 0.3) is 10.9 Å². The predicted molar refractivity (Wildman–Crippen MR) is 129 cm³/mol. The maximum absolute atomic E-state index is 13.3. The third kappa shape index (κ3) is 4.12. The number of aliphatic carboxylic acids is 1. The van der Waals surface area contributed by atoms with Crippen molar-refractivity contribution in [3.05, 3.63) is 68.8 Å². The fourth-order valence-corrected chi connectivity index (χ4v) is 4.86. The van der Waals surface area contributed by atoms with Gasteiger partial charge in [0.05, 0.1) is 34.7 Å². The van der Waals surface area contributed by atoms with Gasteiger partial charge in [-0.25, -0.2) is 0 Å². The van der Waals surface area contributed by atoms with Gasteiger partial charge >= 0.3 is 5.97 Å². The Hall–Kier alpha value is -2.54. The number of carbonyl (C=O) groups excluding carboxylic acids is 1. The molecule has 1 amide bonds. The molecule has 2 aromatic carbocycles. The molecule has 8 heteroatoms. The van der Waals surface area contributed by atoms with E-state index in [1.165, 1.54) is 0 Å². The number of carbonyl (C=O) groups is 2. The number of aromatic nitrogens is 1. The van der Waals surface area contributed by atoms with E-state index in [1.807, 2.05) is 51.2 Å². The number of carboxylic acids is 1. The summed E-state index contributed by atoms with van der Waals surface area (Å²) in [5, 5.41) is 14.3. The van der Waals surface area contributed by atoms with Crippen LogP contribution in [0, 0.1) is 6.92 Å². The van der Waals surface area contributed by atoms with Crippen LogP contribution in [-0.2, 0) is 22.1 Å². The average molecular weight is 489 g/mol. The third-order valence-corrected chi connectivity index (χ3v) is 7.41. The van der Waals surface area contributed by atoms with E-state index in [4.69, 9.17) is 27.9 Å². The number of carboxylic acid groups (broad SMARTS) is 1. The highest BCUT2D eigenvalue weighted by Crippen LogP contribution is 2.36. The average Bonchev–Trinajstić information content (AvgIpc) is 3.09. The van der Waals surface area contributed by atoms with Crippen molar-refractivity contribution in [2.75, 3.05) is 13.2 Å². The summed E-state index contributed by atoms with van der Waals surface area (Å²) >= 11 is 12.7. The molecule has 1 aromatic heterocycles. The lowest BCUT2D eigenvalue weighted by molar-refractivity contribution is -0.139. The minimum absolute atomic E-state index is 0.250. The standard InChI is InChI=1S/C25H26Cl2N2O4/c1-4-5-17(24(31)32)15-6-8-16(9-7-15)25(12-33-13-25)28-23(30)20-11-18-19(29(20)3)10-14(2)21(26)22(18)27/h6-11,17H,4-5,12-13H2,1-3H3,(H,28,30)(H,31,32). The molecule has 0 aliphatic carbocycles. The normalized spacial score (nSPS) is 15.8. The highest BCUT2D eigenvalue weighted by molar-refractivity contribution is 6.45. The van der Waals surface area contributed by atoms with Crippen LogP contribution in [0.3, 0.4) is 0 Å². The zero-order chi connectivity index (χ0) is 23.9. The van der Waals surface area contributed by atoms with Gasteiger partial charge in [-0.3, -0.25) is 9.59 Å². The number of nitrogens with zero attached hydrogens (tertiary/aromatic N) is 1. The summed E-state index contributed by atoms with van der Waals surface area (Å²) < 4.78 is 7.27. The van der Waals surface area contributed by atoms with Gasteiger partial charge in [-0.05, 0) is 42.2 Å². The number of hydrogen-bond donors (Lipinski definition) is 2. The minimum Gasteiger partial charge on any atom is -0.481 e. The molecule has 0 spiro atoms. The molecule has 33 heavy (non-hydrogen) atoms. The summed E-state index contributed by atoms with van der Waals surface area (Å²) in [6.45, 7) is 4.52. The zero-order valence-corrected chi connectivity index (χ0v) is 20.3. The maximum Gasteiger partial charge on any atom is 0.310 e. The van der Waals surface area contributed by atoms with Crippen molar-refractivity contribution in [3.8, 4) is 0 Å². The molecular formula is C25H26Cl2N2O4. The lowest BCUT2D eigenvalue weighted by Crippen LogP contribution is -2.59. The van der Waals surface area contributed by atoms with Gasteiger partial charge in [-0.15, -0.1) is 0 Å². The van der Waals surface area contributed by atoms with E-state index in [-0.39, 0.29) is 5.91 Å². The largest absolute Gasteiger partial charge is 0.481 e.